The molecule has 0 N–H and O–H groups in total. The highest BCUT2D eigenvalue weighted by Gasteiger charge is 2.32. The zero-order chi connectivity index (χ0) is 17.6. The van der Waals surface area contributed by atoms with Crippen LogP contribution in [0.25, 0.3) is 0 Å². The molecule has 3 rings (SSSR count). The molecule has 1 amide bonds. The quantitative estimate of drug-likeness (QED) is 0.714. The molecule has 0 bridgehead atoms. The van der Waals surface area contributed by atoms with Crippen LogP contribution in [0.4, 0.5) is 4.39 Å². The maximum Gasteiger partial charge on any atom is 0.223 e. The molecule has 132 valence electrons. The first-order chi connectivity index (χ1) is 12.2. The largest absolute Gasteiger partial charge is 0.497 e. The van der Waals surface area contributed by atoms with Crippen LogP contribution in [0.5, 0.6) is 5.75 Å². The van der Waals surface area contributed by atoms with Gasteiger partial charge in [-0.1, -0.05) is 30.3 Å². The van der Waals surface area contributed by atoms with E-state index in [0.717, 1.165) is 31.4 Å². The fourth-order valence-corrected chi connectivity index (χ4v) is 3.00. The van der Waals surface area contributed by atoms with Gasteiger partial charge in [0.15, 0.2) is 0 Å². The number of carbonyl (C=O) groups is 1. The highest BCUT2D eigenvalue weighted by atomic mass is 19.1. The molecule has 0 saturated heterocycles. The van der Waals surface area contributed by atoms with Gasteiger partial charge in [-0.15, -0.1) is 0 Å². The number of hydrogen-bond acceptors (Lipinski definition) is 2. The van der Waals surface area contributed by atoms with E-state index >= 15 is 0 Å². The van der Waals surface area contributed by atoms with Crippen molar-refractivity contribution in [2.45, 2.75) is 44.7 Å². The molecule has 0 spiro atoms. The van der Waals surface area contributed by atoms with Crippen LogP contribution in [0, 0.1) is 5.82 Å². The van der Waals surface area contributed by atoms with E-state index < -0.39 is 0 Å². The van der Waals surface area contributed by atoms with Gasteiger partial charge in [0.25, 0.3) is 0 Å². The number of halogens is 1. The molecule has 1 aliphatic rings. The molecule has 25 heavy (non-hydrogen) atoms. The summed E-state index contributed by atoms with van der Waals surface area (Å²) >= 11 is 0. The molecule has 0 aromatic heterocycles. The van der Waals surface area contributed by atoms with E-state index in [4.69, 9.17) is 4.74 Å². The van der Waals surface area contributed by atoms with E-state index in [1.54, 1.807) is 19.2 Å². The highest BCUT2D eigenvalue weighted by molar-refractivity contribution is 5.76. The van der Waals surface area contributed by atoms with Gasteiger partial charge >= 0.3 is 0 Å². The minimum absolute atomic E-state index is 0.124. The minimum Gasteiger partial charge on any atom is -0.497 e. The summed E-state index contributed by atoms with van der Waals surface area (Å²) in [5.41, 5.74) is 1.79. The van der Waals surface area contributed by atoms with Gasteiger partial charge in [-0.2, -0.15) is 0 Å². The van der Waals surface area contributed by atoms with Crippen molar-refractivity contribution >= 4 is 5.91 Å². The number of nitrogens with zero attached hydrogens (tertiary/aromatic N) is 1. The summed E-state index contributed by atoms with van der Waals surface area (Å²) in [5, 5.41) is 0. The Morgan fingerprint density at radius 2 is 1.88 bits per heavy atom. The van der Waals surface area contributed by atoms with E-state index in [1.165, 1.54) is 11.6 Å². The lowest BCUT2D eigenvalue weighted by Gasteiger charge is -2.23. The number of aryl methyl sites for hydroxylation is 1. The number of methoxy groups -OCH3 is 1. The van der Waals surface area contributed by atoms with Gasteiger partial charge in [-0.05, 0) is 49.4 Å². The second kappa shape index (κ2) is 8.15. The van der Waals surface area contributed by atoms with E-state index in [1.807, 2.05) is 35.2 Å². The van der Waals surface area contributed by atoms with Crippen molar-refractivity contribution in [2.75, 3.05) is 7.11 Å². The Kier molecular flexibility index (Phi) is 5.69. The minimum atomic E-state index is -0.237. The van der Waals surface area contributed by atoms with Crippen LogP contribution in [0.2, 0.25) is 0 Å². The predicted molar refractivity (Wildman–Crippen MR) is 95.9 cm³/mol. The van der Waals surface area contributed by atoms with Crippen molar-refractivity contribution in [2.24, 2.45) is 0 Å². The Morgan fingerprint density at radius 3 is 2.52 bits per heavy atom. The molecule has 2 aromatic carbocycles. The molecular formula is C21H24FNO2. The molecule has 0 aliphatic heterocycles. The number of carbonyl (C=O) groups excluding carboxylic acids is 1. The molecule has 1 saturated carbocycles. The van der Waals surface area contributed by atoms with Crippen molar-refractivity contribution in [3.8, 4) is 5.75 Å². The van der Waals surface area contributed by atoms with E-state index in [-0.39, 0.29) is 17.8 Å². The molecule has 0 unspecified atom stereocenters. The topological polar surface area (TPSA) is 29.5 Å². The lowest BCUT2D eigenvalue weighted by molar-refractivity contribution is -0.132. The lowest BCUT2D eigenvalue weighted by Crippen LogP contribution is -2.32. The van der Waals surface area contributed by atoms with Gasteiger partial charge in [0, 0.05) is 24.6 Å². The van der Waals surface area contributed by atoms with E-state index in [9.17, 15) is 9.18 Å². The van der Waals surface area contributed by atoms with Gasteiger partial charge in [-0.3, -0.25) is 4.79 Å². The zero-order valence-corrected chi connectivity index (χ0v) is 14.6. The first-order valence-corrected chi connectivity index (χ1v) is 8.83. The number of rotatable bonds is 8. The second-order valence-corrected chi connectivity index (χ2v) is 6.55. The van der Waals surface area contributed by atoms with E-state index in [2.05, 4.69) is 0 Å². The Bertz CT molecular complexity index is 710. The Balaban J connectivity index is 1.53. The summed E-state index contributed by atoms with van der Waals surface area (Å²) in [4.78, 5) is 14.5. The Labute approximate surface area is 148 Å². The van der Waals surface area contributed by atoms with Crippen molar-refractivity contribution in [1.82, 2.24) is 4.90 Å². The third kappa shape index (κ3) is 4.81. The van der Waals surface area contributed by atoms with Gasteiger partial charge in [-0.25, -0.2) is 4.39 Å². The summed E-state index contributed by atoms with van der Waals surface area (Å²) in [7, 11) is 1.65. The predicted octanol–water partition coefficient (Wildman–Crippen LogP) is 4.35. The van der Waals surface area contributed by atoms with Crippen LogP contribution >= 0.6 is 0 Å². The van der Waals surface area contributed by atoms with Gasteiger partial charge in [0.1, 0.15) is 11.6 Å². The number of benzene rings is 2. The Hall–Kier alpha value is -2.36. The van der Waals surface area contributed by atoms with Crippen LogP contribution in [-0.4, -0.2) is 24.0 Å². The molecule has 1 aliphatic carbocycles. The number of ether oxygens (including phenoxy) is 1. The molecule has 1 fully saturated rings. The monoisotopic (exact) mass is 341 g/mol. The van der Waals surface area contributed by atoms with Crippen LogP contribution in [0.15, 0.2) is 48.5 Å². The summed E-state index contributed by atoms with van der Waals surface area (Å²) < 4.78 is 19.0. The van der Waals surface area contributed by atoms with Crippen LogP contribution in [0.1, 0.15) is 36.8 Å². The zero-order valence-electron chi connectivity index (χ0n) is 14.6. The third-order valence-electron chi connectivity index (χ3n) is 4.62. The number of hydrogen-bond donors (Lipinski definition) is 0. The molecule has 0 heterocycles. The fourth-order valence-electron chi connectivity index (χ4n) is 3.00. The normalized spacial score (nSPS) is 13.5. The first kappa shape index (κ1) is 17.5. The summed E-state index contributed by atoms with van der Waals surface area (Å²) in [6, 6.07) is 14.9. The number of amides is 1. The summed E-state index contributed by atoms with van der Waals surface area (Å²) in [6.45, 7) is 0.374. The summed E-state index contributed by atoms with van der Waals surface area (Å²) in [6.07, 6.45) is 4.20. The van der Waals surface area contributed by atoms with Crippen LogP contribution in [-0.2, 0) is 17.8 Å². The lowest BCUT2D eigenvalue weighted by atomic mass is 10.1. The van der Waals surface area contributed by atoms with Crippen molar-refractivity contribution in [3.63, 3.8) is 0 Å². The van der Waals surface area contributed by atoms with Gasteiger partial charge in [0.2, 0.25) is 5.91 Å². The van der Waals surface area contributed by atoms with Crippen LogP contribution < -0.4 is 4.74 Å². The fraction of sp³-hybridized carbons (Fsp3) is 0.381. The van der Waals surface area contributed by atoms with Crippen molar-refractivity contribution in [3.05, 3.63) is 65.5 Å². The molecule has 2 aromatic rings. The smallest absolute Gasteiger partial charge is 0.223 e. The molecule has 3 nitrogen and oxygen atoms in total. The third-order valence-corrected chi connectivity index (χ3v) is 4.62. The van der Waals surface area contributed by atoms with E-state index in [0.29, 0.717) is 18.5 Å². The SMILES string of the molecule is COc1ccc(CCCC(=O)N(Cc2ccccc2F)C2CC2)cc1. The van der Waals surface area contributed by atoms with Crippen molar-refractivity contribution in [1.29, 1.82) is 0 Å². The molecule has 0 atom stereocenters. The standard InChI is InChI=1S/C21H24FNO2/c1-25-19-13-9-16(10-14-19)5-4-8-21(24)23(18-11-12-18)15-17-6-2-3-7-20(17)22/h2-3,6-7,9-10,13-14,18H,4-5,8,11-12,15H2,1H3. The molecule has 0 radical (unpaired) electrons. The van der Waals surface area contributed by atoms with Gasteiger partial charge < -0.3 is 9.64 Å². The average Bonchev–Trinajstić information content (AvgIpc) is 3.46. The van der Waals surface area contributed by atoms with Crippen LogP contribution in [0.3, 0.4) is 0 Å². The Morgan fingerprint density at radius 1 is 1.16 bits per heavy atom. The maximum absolute atomic E-state index is 13.9. The molecule has 4 heteroatoms. The maximum atomic E-state index is 13.9. The second-order valence-electron chi connectivity index (χ2n) is 6.55. The first-order valence-electron chi connectivity index (χ1n) is 8.83. The molecular weight excluding hydrogens is 317 g/mol. The highest BCUT2D eigenvalue weighted by Crippen LogP contribution is 2.29. The summed E-state index contributed by atoms with van der Waals surface area (Å²) in [5.74, 6) is 0.725. The van der Waals surface area contributed by atoms with Crippen molar-refractivity contribution < 1.29 is 13.9 Å². The average molecular weight is 341 g/mol. The van der Waals surface area contributed by atoms with Gasteiger partial charge in [0.05, 0.1) is 7.11 Å².